The second kappa shape index (κ2) is 11.0. The quantitative estimate of drug-likeness (QED) is 0.182. The largest absolute Gasteiger partial charge is 0.416 e. The summed E-state index contributed by atoms with van der Waals surface area (Å²) in [7, 11) is 3.96. The Morgan fingerprint density at radius 3 is 2.34 bits per heavy atom. The van der Waals surface area contributed by atoms with Crippen molar-refractivity contribution in [2.24, 2.45) is 0 Å². The molecule has 3 aromatic carbocycles. The minimum absolute atomic E-state index is 0.347. The normalized spacial score (nSPS) is 11.5. The third-order valence-corrected chi connectivity index (χ3v) is 7.48. The van der Waals surface area contributed by atoms with Gasteiger partial charge in [-0.1, -0.05) is 24.3 Å². The molecule has 5 rings (SSSR count). The van der Waals surface area contributed by atoms with Crippen LogP contribution in [0.25, 0.3) is 21.3 Å². The van der Waals surface area contributed by atoms with Gasteiger partial charge in [0.15, 0.2) is 0 Å². The molecule has 2 heterocycles. The van der Waals surface area contributed by atoms with Crippen molar-refractivity contribution in [1.29, 1.82) is 0 Å². The molecular formula is C29H24F4N6OS. The van der Waals surface area contributed by atoms with E-state index >= 15 is 0 Å². The predicted octanol–water partition coefficient (Wildman–Crippen LogP) is 7.40. The summed E-state index contributed by atoms with van der Waals surface area (Å²) in [5.41, 5.74) is 8.83. The number of anilines is 4. The van der Waals surface area contributed by atoms with Crippen molar-refractivity contribution in [3.05, 3.63) is 94.9 Å². The smallest absolute Gasteiger partial charge is 0.383 e. The zero-order valence-corrected chi connectivity index (χ0v) is 22.7. The maximum Gasteiger partial charge on any atom is 0.416 e. The SMILES string of the molecule is CN(C)c1ccc(Cc2sc3ncnc(N)c3c2-c2ccc(NC(=O)Nc3cc(C(F)(F)F)ccc3F)cc2)cc1. The first-order chi connectivity index (χ1) is 19.5. The number of thiophene rings is 1. The summed E-state index contributed by atoms with van der Waals surface area (Å²) in [5, 5.41) is 5.38. The lowest BCUT2D eigenvalue weighted by Crippen LogP contribution is -2.20. The topological polar surface area (TPSA) is 96.2 Å². The number of carbonyl (C=O) groups excluding carboxylic acids is 1. The first-order valence-corrected chi connectivity index (χ1v) is 13.1. The van der Waals surface area contributed by atoms with Gasteiger partial charge in [-0.15, -0.1) is 11.3 Å². The third-order valence-electron chi connectivity index (χ3n) is 6.38. The molecule has 210 valence electrons. The Bertz CT molecular complexity index is 1720. The molecule has 0 fully saturated rings. The molecule has 0 spiro atoms. The molecule has 0 aliphatic carbocycles. The van der Waals surface area contributed by atoms with Gasteiger partial charge in [0.1, 0.15) is 22.8 Å². The molecular weight excluding hydrogens is 556 g/mol. The van der Waals surface area contributed by atoms with Crippen LogP contribution in [-0.2, 0) is 12.6 Å². The number of amides is 2. The molecule has 0 bridgehead atoms. The van der Waals surface area contributed by atoms with E-state index < -0.39 is 29.3 Å². The molecule has 0 saturated heterocycles. The van der Waals surface area contributed by atoms with E-state index in [1.165, 1.54) is 17.7 Å². The van der Waals surface area contributed by atoms with Crippen LogP contribution in [0.1, 0.15) is 16.0 Å². The predicted molar refractivity (Wildman–Crippen MR) is 155 cm³/mol. The highest BCUT2D eigenvalue weighted by atomic mass is 32.1. The van der Waals surface area contributed by atoms with Gasteiger partial charge in [0.2, 0.25) is 0 Å². The summed E-state index contributed by atoms with van der Waals surface area (Å²) in [5.74, 6) is -0.642. The van der Waals surface area contributed by atoms with Gasteiger partial charge < -0.3 is 21.3 Å². The number of nitrogen functional groups attached to an aromatic ring is 1. The van der Waals surface area contributed by atoms with E-state index in [9.17, 15) is 22.4 Å². The zero-order chi connectivity index (χ0) is 29.3. The standard InChI is InChI=1S/C29H24F4N6OS/c1-39(2)20-10-3-16(4-11-20)13-23-24(25-26(34)35-15-36-27(25)41-23)17-5-8-19(9-6-17)37-28(40)38-22-14-18(29(31,32)33)7-12-21(22)30/h3-12,14-15H,13H2,1-2H3,(H2,34,35,36)(H2,37,38,40). The van der Waals surface area contributed by atoms with Crippen LogP contribution >= 0.6 is 11.3 Å². The van der Waals surface area contributed by atoms with Gasteiger partial charge in [0.25, 0.3) is 0 Å². The van der Waals surface area contributed by atoms with Crippen molar-refractivity contribution >= 4 is 50.5 Å². The van der Waals surface area contributed by atoms with Crippen LogP contribution in [0.4, 0.5) is 45.2 Å². The average Bonchev–Trinajstić information content (AvgIpc) is 3.29. The number of alkyl halides is 3. The Kier molecular flexibility index (Phi) is 7.50. The molecule has 0 atom stereocenters. The van der Waals surface area contributed by atoms with Crippen molar-refractivity contribution in [3.63, 3.8) is 0 Å². The fraction of sp³-hybridized carbons (Fsp3) is 0.138. The summed E-state index contributed by atoms with van der Waals surface area (Å²) in [4.78, 5) is 24.8. The summed E-state index contributed by atoms with van der Waals surface area (Å²) in [6.45, 7) is 0. The van der Waals surface area contributed by atoms with E-state index in [0.717, 1.165) is 37.5 Å². The number of aromatic nitrogens is 2. The van der Waals surface area contributed by atoms with Crippen molar-refractivity contribution in [2.45, 2.75) is 12.6 Å². The molecule has 0 radical (unpaired) electrons. The maximum absolute atomic E-state index is 14.0. The van der Waals surface area contributed by atoms with E-state index in [1.54, 1.807) is 24.3 Å². The second-order valence-electron chi connectivity index (χ2n) is 9.43. The number of hydrogen-bond donors (Lipinski definition) is 3. The fourth-order valence-electron chi connectivity index (χ4n) is 4.33. The zero-order valence-electron chi connectivity index (χ0n) is 21.9. The van der Waals surface area contributed by atoms with Crippen LogP contribution in [0, 0.1) is 5.82 Å². The van der Waals surface area contributed by atoms with Crippen molar-refractivity contribution < 1.29 is 22.4 Å². The Labute approximate surface area is 236 Å². The van der Waals surface area contributed by atoms with E-state index in [4.69, 9.17) is 5.73 Å². The summed E-state index contributed by atoms with van der Waals surface area (Å²) >= 11 is 1.52. The number of fused-ring (bicyclic) bond motifs is 1. The Morgan fingerprint density at radius 1 is 0.976 bits per heavy atom. The van der Waals surface area contributed by atoms with E-state index in [1.807, 2.05) is 31.1 Å². The molecule has 7 nitrogen and oxygen atoms in total. The Morgan fingerprint density at radius 2 is 1.68 bits per heavy atom. The molecule has 2 amide bonds. The van der Waals surface area contributed by atoms with Gasteiger partial charge in [0, 0.05) is 42.3 Å². The van der Waals surface area contributed by atoms with Gasteiger partial charge >= 0.3 is 12.2 Å². The first kappa shape index (κ1) is 27.8. The molecule has 0 aliphatic heterocycles. The van der Waals surface area contributed by atoms with Gasteiger partial charge in [0.05, 0.1) is 16.6 Å². The highest BCUT2D eigenvalue weighted by molar-refractivity contribution is 7.19. The van der Waals surface area contributed by atoms with Gasteiger partial charge in [-0.3, -0.25) is 0 Å². The molecule has 0 aliphatic rings. The highest BCUT2D eigenvalue weighted by Gasteiger charge is 2.31. The summed E-state index contributed by atoms with van der Waals surface area (Å²) < 4.78 is 53.0. The summed E-state index contributed by atoms with van der Waals surface area (Å²) in [6, 6.07) is 16.0. The Balaban J connectivity index is 1.40. The number of carbonyl (C=O) groups is 1. The van der Waals surface area contributed by atoms with Crippen LogP contribution in [0.15, 0.2) is 73.1 Å². The lowest BCUT2D eigenvalue weighted by atomic mass is 9.99. The number of nitrogens with zero attached hydrogens (tertiary/aromatic N) is 3. The van der Waals surface area contributed by atoms with Crippen LogP contribution in [-0.4, -0.2) is 30.1 Å². The highest BCUT2D eigenvalue weighted by Crippen LogP contribution is 2.41. The molecule has 2 aromatic heterocycles. The van der Waals surface area contributed by atoms with Crippen molar-refractivity contribution in [2.75, 3.05) is 35.4 Å². The number of halogens is 4. The number of nitrogens with one attached hydrogen (secondary N) is 2. The number of benzene rings is 3. The average molecular weight is 581 g/mol. The molecule has 12 heteroatoms. The number of hydrogen-bond acceptors (Lipinski definition) is 6. The van der Waals surface area contributed by atoms with Crippen molar-refractivity contribution in [3.8, 4) is 11.1 Å². The molecule has 0 unspecified atom stereocenters. The van der Waals surface area contributed by atoms with Crippen LogP contribution in [0.2, 0.25) is 0 Å². The van der Waals surface area contributed by atoms with Crippen molar-refractivity contribution in [1.82, 2.24) is 9.97 Å². The lowest BCUT2D eigenvalue weighted by Gasteiger charge is -2.13. The van der Waals surface area contributed by atoms with Crippen LogP contribution in [0.5, 0.6) is 0 Å². The minimum Gasteiger partial charge on any atom is -0.383 e. The van der Waals surface area contributed by atoms with E-state index in [0.29, 0.717) is 36.1 Å². The second-order valence-corrected chi connectivity index (χ2v) is 10.5. The van der Waals surface area contributed by atoms with Gasteiger partial charge in [-0.25, -0.2) is 19.2 Å². The van der Waals surface area contributed by atoms with Gasteiger partial charge in [-0.2, -0.15) is 13.2 Å². The first-order valence-electron chi connectivity index (χ1n) is 12.3. The van der Waals surface area contributed by atoms with E-state index in [2.05, 4.69) is 32.7 Å². The number of nitrogens with two attached hydrogens (primary N) is 1. The number of urea groups is 1. The fourth-order valence-corrected chi connectivity index (χ4v) is 5.53. The van der Waals surface area contributed by atoms with Crippen LogP contribution < -0.4 is 21.3 Å². The molecule has 5 aromatic rings. The van der Waals surface area contributed by atoms with Gasteiger partial charge in [-0.05, 0) is 53.6 Å². The minimum atomic E-state index is -4.68. The number of rotatable bonds is 6. The maximum atomic E-state index is 14.0. The molecule has 0 saturated carbocycles. The monoisotopic (exact) mass is 580 g/mol. The molecule has 4 N–H and O–H groups in total. The van der Waals surface area contributed by atoms with E-state index in [-0.39, 0.29) is 0 Å². The summed E-state index contributed by atoms with van der Waals surface area (Å²) in [6.07, 6.45) is -2.62. The molecule has 41 heavy (non-hydrogen) atoms. The lowest BCUT2D eigenvalue weighted by molar-refractivity contribution is -0.137. The Hall–Kier alpha value is -4.71. The third kappa shape index (κ3) is 6.07. The van der Waals surface area contributed by atoms with Crippen LogP contribution in [0.3, 0.4) is 0 Å².